The lowest BCUT2D eigenvalue weighted by atomic mass is 9.80. The molecule has 26 heavy (non-hydrogen) atoms. The number of hydrogen-bond acceptors (Lipinski definition) is 3. The molecule has 3 rings (SSSR count). The third kappa shape index (κ3) is 3.31. The zero-order valence-electron chi connectivity index (χ0n) is 15.7. The van der Waals surface area contributed by atoms with Gasteiger partial charge >= 0.3 is 0 Å². The molecule has 0 bridgehead atoms. The molecule has 1 atom stereocenters. The molecule has 3 aromatic carbocycles. The van der Waals surface area contributed by atoms with Crippen LogP contribution in [0.4, 0.5) is 5.69 Å². The normalized spacial score (nSPS) is 13.1. The van der Waals surface area contributed by atoms with E-state index < -0.39 is 5.60 Å². The van der Waals surface area contributed by atoms with Gasteiger partial charge in [0.1, 0.15) is 11.4 Å². The van der Waals surface area contributed by atoms with Crippen LogP contribution in [0.2, 0.25) is 0 Å². The number of ether oxygens (including phenoxy) is 1. The van der Waals surface area contributed by atoms with Crippen molar-refractivity contribution in [2.75, 3.05) is 26.1 Å². The quantitative estimate of drug-likeness (QED) is 0.696. The third-order valence-corrected chi connectivity index (χ3v) is 4.75. The molecule has 1 unspecified atom stereocenters. The van der Waals surface area contributed by atoms with Gasteiger partial charge in [0.15, 0.2) is 0 Å². The van der Waals surface area contributed by atoms with Gasteiger partial charge in [0.25, 0.3) is 0 Å². The predicted octanol–water partition coefficient (Wildman–Crippen LogP) is 4.35. The Hall–Kier alpha value is -2.78. The second-order valence-corrected chi connectivity index (χ2v) is 6.75. The SMILES string of the molecule is COc1ccc(C(O)(c2ccc(N(C)C)cc2)c2cccc(C)c2)cc1. The summed E-state index contributed by atoms with van der Waals surface area (Å²) in [6.07, 6.45) is 0. The molecule has 134 valence electrons. The van der Waals surface area contributed by atoms with Gasteiger partial charge in [0.05, 0.1) is 7.11 Å². The summed E-state index contributed by atoms with van der Waals surface area (Å²) in [7, 11) is 5.65. The zero-order chi connectivity index (χ0) is 18.7. The molecule has 3 nitrogen and oxygen atoms in total. The van der Waals surface area contributed by atoms with E-state index in [-0.39, 0.29) is 0 Å². The molecule has 0 saturated heterocycles. The highest BCUT2D eigenvalue weighted by Gasteiger charge is 2.34. The lowest BCUT2D eigenvalue weighted by Gasteiger charge is -2.31. The van der Waals surface area contributed by atoms with Crippen LogP contribution in [-0.4, -0.2) is 26.3 Å². The molecule has 0 fully saturated rings. The summed E-state index contributed by atoms with van der Waals surface area (Å²) in [6, 6.07) is 23.6. The fourth-order valence-corrected chi connectivity index (χ4v) is 3.20. The van der Waals surface area contributed by atoms with Crippen LogP contribution in [0.15, 0.2) is 72.8 Å². The van der Waals surface area contributed by atoms with E-state index in [1.54, 1.807) is 7.11 Å². The first-order chi connectivity index (χ1) is 12.4. The fourth-order valence-electron chi connectivity index (χ4n) is 3.20. The Kier molecular flexibility index (Phi) is 5.01. The van der Waals surface area contributed by atoms with E-state index in [2.05, 4.69) is 0 Å². The molecule has 1 N–H and O–H groups in total. The topological polar surface area (TPSA) is 32.7 Å². The number of aryl methyl sites for hydroxylation is 1. The molecule has 0 aromatic heterocycles. The van der Waals surface area contributed by atoms with Crippen molar-refractivity contribution >= 4 is 5.69 Å². The number of rotatable bonds is 5. The van der Waals surface area contributed by atoms with Crippen LogP contribution in [0, 0.1) is 6.92 Å². The van der Waals surface area contributed by atoms with Crippen LogP contribution in [0.25, 0.3) is 0 Å². The molecule has 0 amide bonds. The van der Waals surface area contributed by atoms with E-state index in [1.807, 2.05) is 98.7 Å². The van der Waals surface area contributed by atoms with Gasteiger partial charge in [0.2, 0.25) is 0 Å². The van der Waals surface area contributed by atoms with Crippen LogP contribution in [-0.2, 0) is 5.60 Å². The maximum atomic E-state index is 11.9. The minimum Gasteiger partial charge on any atom is -0.497 e. The van der Waals surface area contributed by atoms with E-state index in [0.29, 0.717) is 0 Å². The van der Waals surface area contributed by atoms with Gasteiger partial charge in [0, 0.05) is 19.8 Å². The average molecular weight is 347 g/mol. The van der Waals surface area contributed by atoms with Gasteiger partial charge in [-0.2, -0.15) is 0 Å². The van der Waals surface area contributed by atoms with Crippen LogP contribution >= 0.6 is 0 Å². The first-order valence-electron chi connectivity index (χ1n) is 8.67. The smallest absolute Gasteiger partial charge is 0.140 e. The highest BCUT2D eigenvalue weighted by molar-refractivity contribution is 5.53. The molecule has 0 aliphatic carbocycles. The van der Waals surface area contributed by atoms with Crippen molar-refractivity contribution in [2.45, 2.75) is 12.5 Å². The molecule has 3 aromatic rings. The molecular formula is C23H25NO2. The highest BCUT2D eigenvalue weighted by atomic mass is 16.5. The van der Waals surface area contributed by atoms with Crippen molar-refractivity contribution in [3.05, 3.63) is 95.1 Å². The van der Waals surface area contributed by atoms with Crippen molar-refractivity contribution in [3.8, 4) is 5.75 Å². The summed E-state index contributed by atoms with van der Waals surface area (Å²) >= 11 is 0. The number of anilines is 1. The molecule has 0 heterocycles. The monoisotopic (exact) mass is 347 g/mol. The lowest BCUT2D eigenvalue weighted by Crippen LogP contribution is -2.29. The van der Waals surface area contributed by atoms with Gasteiger partial charge < -0.3 is 14.7 Å². The zero-order valence-corrected chi connectivity index (χ0v) is 15.7. The molecule has 0 saturated carbocycles. The predicted molar refractivity (Wildman–Crippen MR) is 107 cm³/mol. The summed E-state index contributed by atoms with van der Waals surface area (Å²) in [4.78, 5) is 2.04. The Morgan fingerprint density at radius 2 is 1.38 bits per heavy atom. The van der Waals surface area contributed by atoms with Gasteiger partial charge in [-0.3, -0.25) is 0 Å². The number of methoxy groups -OCH3 is 1. The fraction of sp³-hybridized carbons (Fsp3) is 0.217. The number of benzene rings is 3. The van der Waals surface area contributed by atoms with Gasteiger partial charge in [-0.25, -0.2) is 0 Å². The number of nitrogens with zero attached hydrogens (tertiary/aromatic N) is 1. The molecule has 0 aliphatic rings. The van der Waals surface area contributed by atoms with Gasteiger partial charge in [-0.05, 0) is 47.9 Å². The van der Waals surface area contributed by atoms with E-state index in [0.717, 1.165) is 33.7 Å². The van der Waals surface area contributed by atoms with Crippen LogP contribution in [0.5, 0.6) is 5.75 Å². The Bertz CT molecular complexity index is 869. The summed E-state index contributed by atoms with van der Waals surface area (Å²) in [5.41, 5.74) is 3.46. The maximum Gasteiger partial charge on any atom is 0.140 e. The lowest BCUT2D eigenvalue weighted by molar-refractivity contribution is 0.125. The van der Waals surface area contributed by atoms with Crippen molar-refractivity contribution < 1.29 is 9.84 Å². The first-order valence-corrected chi connectivity index (χ1v) is 8.67. The van der Waals surface area contributed by atoms with Crippen LogP contribution < -0.4 is 9.64 Å². The maximum absolute atomic E-state index is 11.9. The summed E-state index contributed by atoms with van der Waals surface area (Å²) in [5, 5.41) is 11.9. The summed E-state index contributed by atoms with van der Waals surface area (Å²) < 4.78 is 5.27. The van der Waals surface area contributed by atoms with Crippen molar-refractivity contribution in [1.29, 1.82) is 0 Å². The van der Waals surface area contributed by atoms with E-state index >= 15 is 0 Å². The van der Waals surface area contributed by atoms with Crippen LogP contribution in [0.1, 0.15) is 22.3 Å². The molecule has 3 heteroatoms. The standard InChI is InChI=1S/C23H25NO2/c1-17-6-5-7-20(16-17)23(25,19-10-14-22(26-4)15-11-19)18-8-12-21(13-9-18)24(2)3/h5-16,25H,1-4H3. The average Bonchev–Trinajstić information content (AvgIpc) is 2.67. The second kappa shape index (κ2) is 7.22. The summed E-state index contributed by atoms with van der Waals surface area (Å²) in [5.74, 6) is 0.767. The van der Waals surface area contributed by atoms with E-state index in [9.17, 15) is 5.11 Å². The molecule has 0 aliphatic heterocycles. The molecule has 0 radical (unpaired) electrons. The number of hydrogen-bond donors (Lipinski definition) is 1. The Balaban J connectivity index is 2.17. The minimum atomic E-state index is -1.23. The Labute approximate surface area is 155 Å². The Morgan fingerprint density at radius 3 is 1.88 bits per heavy atom. The highest BCUT2D eigenvalue weighted by Crippen LogP contribution is 2.38. The Morgan fingerprint density at radius 1 is 0.808 bits per heavy atom. The van der Waals surface area contributed by atoms with E-state index in [1.165, 1.54) is 0 Å². The summed E-state index contributed by atoms with van der Waals surface area (Å²) in [6.45, 7) is 2.03. The molecule has 0 spiro atoms. The van der Waals surface area contributed by atoms with Crippen molar-refractivity contribution in [3.63, 3.8) is 0 Å². The van der Waals surface area contributed by atoms with Crippen LogP contribution in [0.3, 0.4) is 0 Å². The van der Waals surface area contributed by atoms with E-state index in [4.69, 9.17) is 4.74 Å². The largest absolute Gasteiger partial charge is 0.497 e. The minimum absolute atomic E-state index is 0.767. The van der Waals surface area contributed by atoms with Crippen molar-refractivity contribution in [2.24, 2.45) is 0 Å². The first kappa shape index (κ1) is 18.0. The second-order valence-electron chi connectivity index (χ2n) is 6.75. The van der Waals surface area contributed by atoms with Gasteiger partial charge in [-0.1, -0.05) is 54.1 Å². The third-order valence-electron chi connectivity index (χ3n) is 4.75. The number of aliphatic hydroxyl groups is 1. The van der Waals surface area contributed by atoms with Crippen molar-refractivity contribution in [1.82, 2.24) is 0 Å². The van der Waals surface area contributed by atoms with Gasteiger partial charge in [-0.15, -0.1) is 0 Å². The molecular weight excluding hydrogens is 322 g/mol.